The predicted octanol–water partition coefficient (Wildman–Crippen LogP) is 3.90. The normalized spacial score (nSPS) is 13.1. The molecule has 0 spiro atoms. The van der Waals surface area contributed by atoms with E-state index in [1.807, 2.05) is 6.07 Å². The van der Waals surface area contributed by atoms with Gasteiger partial charge in [0.05, 0.1) is 5.02 Å². The van der Waals surface area contributed by atoms with Crippen LogP contribution in [-0.4, -0.2) is 13.1 Å². The van der Waals surface area contributed by atoms with Crippen molar-refractivity contribution in [2.45, 2.75) is 27.2 Å². The van der Waals surface area contributed by atoms with Crippen LogP contribution >= 0.6 is 11.6 Å². The first kappa shape index (κ1) is 14.5. The summed E-state index contributed by atoms with van der Waals surface area (Å²) >= 11 is 5.93. The average molecular weight is 258 g/mol. The number of hydrogen-bond donors (Lipinski definition) is 1. The second kappa shape index (κ2) is 6.97. The van der Waals surface area contributed by atoms with Crippen molar-refractivity contribution in [2.24, 2.45) is 11.8 Å². The van der Waals surface area contributed by atoms with E-state index in [2.05, 4.69) is 26.1 Å². The molecule has 0 fully saturated rings. The minimum atomic E-state index is -0.327. The summed E-state index contributed by atoms with van der Waals surface area (Å²) in [6, 6.07) is 5.00. The van der Waals surface area contributed by atoms with E-state index in [4.69, 9.17) is 11.6 Å². The summed E-state index contributed by atoms with van der Waals surface area (Å²) in [5.41, 5.74) is 0.894. The van der Waals surface area contributed by atoms with Gasteiger partial charge in [-0.2, -0.15) is 0 Å². The number of halogens is 2. The minimum Gasteiger partial charge on any atom is -0.316 e. The molecular weight excluding hydrogens is 237 g/mol. The fraction of sp³-hybridized carbons (Fsp3) is 0.571. The van der Waals surface area contributed by atoms with Crippen LogP contribution in [0.25, 0.3) is 0 Å². The molecule has 3 heteroatoms. The molecule has 0 aliphatic rings. The molecule has 1 N–H and O–H groups in total. The molecule has 1 atom stereocenters. The van der Waals surface area contributed by atoms with Gasteiger partial charge in [0.15, 0.2) is 0 Å². The first-order valence-electron chi connectivity index (χ1n) is 6.14. The van der Waals surface area contributed by atoms with Gasteiger partial charge in [-0.25, -0.2) is 4.39 Å². The van der Waals surface area contributed by atoms with E-state index in [1.54, 1.807) is 6.07 Å². The Morgan fingerprint density at radius 1 is 1.24 bits per heavy atom. The topological polar surface area (TPSA) is 12.0 Å². The van der Waals surface area contributed by atoms with Gasteiger partial charge in [-0.3, -0.25) is 0 Å². The Hall–Kier alpha value is -0.600. The van der Waals surface area contributed by atoms with Crippen molar-refractivity contribution in [1.82, 2.24) is 5.32 Å². The highest BCUT2D eigenvalue weighted by Gasteiger charge is 2.09. The highest BCUT2D eigenvalue weighted by atomic mass is 35.5. The molecule has 0 radical (unpaired) electrons. The Morgan fingerprint density at radius 2 is 1.94 bits per heavy atom. The van der Waals surface area contributed by atoms with E-state index in [0.717, 1.165) is 25.1 Å². The summed E-state index contributed by atoms with van der Waals surface area (Å²) in [6.07, 6.45) is 0.807. The second-order valence-corrected chi connectivity index (χ2v) is 5.45. The summed E-state index contributed by atoms with van der Waals surface area (Å²) in [6.45, 7) is 8.46. The van der Waals surface area contributed by atoms with Gasteiger partial charge in [0.2, 0.25) is 0 Å². The van der Waals surface area contributed by atoms with Gasteiger partial charge in [-0.1, -0.05) is 44.5 Å². The van der Waals surface area contributed by atoms with E-state index in [9.17, 15) is 4.39 Å². The summed E-state index contributed by atoms with van der Waals surface area (Å²) in [7, 11) is 0. The van der Waals surface area contributed by atoms with Crippen LogP contribution in [0.1, 0.15) is 26.3 Å². The third-order valence-electron chi connectivity index (χ3n) is 2.65. The SMILES string of the molecule is CC(C)CNCC(C)Cc1cccc(F)c1Cl. The lowest BCUT2D eigenvalue weighted by atomic mass is 10.0. The minimum absolute atomic E-state index is 0.267. The zero-order valence-corrected chi connectivity index (χ0v) is 11.5. The lowest BCUT2D eigenvalue weighted by Crippen LogP contribution is -2.26. The Balaban J connectivity index is 2.45. The molecule has 0 aliphatic heterocycles. The van der Waals surface area contributed by atoms with E-state index in [0.29, 0.717) is 11.8 Å². The van der Waals surface area contributed by atoms with Gasteiger partial charge in [0, 0.05) is 0 Å². The lowest BCUT2D eigenvalue weighted by Gasteiger charge is -2.15. The number of hydrogen-bond acceptors (Lipinski definition) is 1. The van der Waals surface area contributed by atoms with Crippen molar-refractivity contribution >= 4 is 11.6 Å². The monoisotopic (exact) mass is 257 g/mol. The molecule has 1 rings (SSSR count). The Morgan fingerprint density at radius 3 is 2.59 bits per heavy atom. The van der Waals surface area contributed by atoms with E-state index in [1.165, 1.54) is 6.07 Å². The number of benzene rings is 1. The maximum absolute atomic E-state index is 13.2. The van der Waals surface area contributed by atoms with E-state index < -0.39 is 0 Å². The van der Waals surface area contributed by atoms with Crippen molar-refractivity contribution < 1.29 is 4.39 Å². The highest BCUT2D eigenvalue weighted by Crippen LogP contribution is 2.22. The first-order chi connectivity index (χ1) is 8.00. The molecule has 0 aliphatic carbocycles. The van der Waals surface area contributed by atoms with Crippen LogP contribution in [0.5, 0.6) is 0 Å². The maximum Gasteiger partial charge on any atom is 0.142 e. The Kier molecular flexibility index (Phi) is 5.93. The van der Waals surface area contributed by atoms with Crippen LogP contribution < -0.4 is 5.32 Å². The van der Waals surface area contributed by atoms with Crippen molar-refractivity contribution in [3.05, 3.63) is 34.6 Å². The molecule has 1 unspecified atom stereocenters. The maximum atomic E-state index is 13.2. The zero-order valence-electron chi connectivity index (χ0n) is 10.8. The average Bonchev–Trinajstić information content (AvgIpc) is 2.24. The molecule has 0 saturated heterocycles. The molecule has 96 valence electrons. The molecule has 1 nitrogen and oxygen atoms in total. The van der Waals surface area contributed by atoms with E-state index >= 15 is 0 Å². The zero-order chi connectivity index (χ0) is 12.8. The standard InChI is InChI=1S/C14H21ClFN/c1-10(2)8-17-9-11(3)7-12-5-4-6-13(16)14(12)15/h4-6,10-11,17H,7-9H2,1-3H3. The molecule has 0 heterocycles. The Labute approximate surface area is 108 Å². The molecule has 1 aromatic carbocycles. The van der Waals surface area contributed by atoms with E-state index in [-0.39, 0.29) is 10.8 Å². The Bertz CT molecular complexity index is 352. The summed E-state index contributed by atoms with van der Waals surface area (Å²) in [4.78, 5) is 0. The number of rotatable bonds is 6. The summed E-state index contributed by atoms with van der Waals surface area (Å²) < 4.78 is 13.2. The number of nitrogens with one attached hydrogen (secondary N) is 1. The third kappa shape index (κ3) is 5.05. The molecule has 0 bridgehead atoms. The summed E-state index contributed by atoms with van der Waals surface area (Å²) in [5, 5.41) is 3.67. The van der Waals surface area contributed by atoms with Crippen LogP contribution in [0.2, 0.25) is 5.02 Å². The third-order valence-corrected chi connectivity index (χ3v) is 3.07. The molecule has 0 aromatic heterocycles. The van der Waals surface area contributed by atoms with Crippen molar-refractivity contribution in [1.29, 1.82) is 0 Å². The van der Waals surface area contributed by atoms with Gasteiger partial charge in [0.1, 0.15) is 5.82 Å². The second-order valence-electron chi connectivity index (χ2n) is 5.07. The van der Waals surface area contributed by atoms with Crippen LogP contribution in [0, 0.1) is 17.7 Å². The fourth-order valence-electron chi connectivity index (χ4n) is 1.77. The van der Waals surface area contributed by atoms with Crippen molar-refractivity contribution in [3.8, 4) is 0 Å². The van der Waals surface area contributed by atoms with Gasteiger partial charge < -0.3 is 5.32 Å². The molecule has 1 aromatic rings. The van der Waals surface area contributed by atoms with Crippen molar-refractivity contribution in [2.75, 3.05) is 13.1 Å². The fourth-order valence-corrected chi connectivity index (χ4v) is 1.98. The van der Waals surface area contributed by atoms with Crippen LogP contribution in [0.15, 0.2) is 18.2 Å². The van der Waals surface area contributed by atoms with Gasteiger partial charge in [-0.05, 0) is 43.0 Å². The van der Waals surface area contributed by atoms with Gasteiger partial charge in [-0.15, -0.1) is 0 Å². The van der Waals surface area contributed by atoms with Crippen LogP contribution in [0.3, 0.4) is 0 Å². The van der Waals surface area contributed by atoms with Crippen molar-refractivity contribution in [3.63, 3.8) is 0 Å². The lowest BCUT2D eigenvalue weighted by molar-refractivity contribution is 0.473. The first-order valence-corrected chi connectivity index (χ1v) is 6.52. The quantitative estimate of drug-likeness (QED) is 0.815. The molecule has 0 amide bonds. The highest BCUT2D eigenvalue weighted by molar-refractivity contribution is 6.31. The summed E-state index contributed by atoms with van der Waals surface area (Å²) in [5.74, 6) is 0.777. The predicted molar refractivity (Wildman–Crippen MR) is 72.0 cm³/mol. The molecule has 17 heavy (non-hydrogen) atoms. The van der Waals surface area contributed by atoms with Gasteiger partial charge in [0.25, 0.3) is 0 Å². The molecule has 0 saturated carbocycles. The largest absolute Gasteiger partial charge is 0.316 e. The van der Waals surface area contributed by atoms with Gasteiger partial charge >= 0.3 is 0 Å². The van der Waals surface area contributed by atoms with Crippen LogP contribution in [0.4, 0.5) is 4.39 Å². The smallest absolute Gasteiger partial charge is 0.142 e. The molecular formula is C14H21ClFN. The van der Waals surface area contributed by atoms with Crippen LogP contribution in [-0.2, 0) is 6.42 Å².